The molecule has 0 unspecified atom stereocenters. The number of hydrogen-bond acceptors (Lipinski definition) is 6. The molecule has 2 heterocycles. The van der Waals surface area contributed by atoms with Crippen molar-refractivity contribution in [2.75, 3.05) is 13.1 Å². The number of carbonyl (C=O) groups excluding carboxylic acids is 2. The van der Waals surface area contributed by atoms with Gasteiger partial charge in [0.1, 0.15) is 6.54 Å². The summed E-state index contributed by atoms with van der Waals surface area (Å²) < 4.78 is 5.07. The fourth-order valence-corrected chi connectivity index (χ4v) is 4.28. The summed E-state index contributed by atoms with van der Waals surface area (Å²) >= 11 is 0. The van der Waals surface area contributed by atoms with Crippen LogP contribution in [0.15, 0.2) is 46.5 Å². The van der Waals surface area contributed by atoms with Gasteiger partial charge >= 0.3 is 11.9 Å². The molecule has 0 bridgehead atoms. The molecule has 0 aromatic carbocycles. The lowest BCUT2D eigenvalue weighted by Gasteiger charge is -2.23. The molecule has 1 amide bonds. The van der Waals surface area contributed by atoms with Crippen LogP contribution in [0.3, 0.4) is 0 Å². The Morgan fingerprint density at radius 2 is 2.00 bits per heavy atom. The highest BCUT2D eigenvalue weighted by molar-refractivity contribution is 5.97. The highest BCUT2D eigenvalue weighted by Gasteiger charge is 2.27. The first-order chi connectivity index (χ1) is 16.4. The number of ether oxygens (including phenoxy) is 1. The van der Waals surface area contributed by atoms with Crippen LogP contribution in [0.2, 0.25) is 0 Å². The van der Waals surface area contributed by atoms with Gasteiger partial charge in [0.2, 0.25) is 5.91 Å². The minimum Gasteiger partial charge on any atom is -0.504 e. The average Bonchev–Trinajstić information content (AvgIpc) is 3.21. The number of rotatable bonds is 14. The van der Waals surface area contributed by atoms with Gasteiger partial charge in [-0.3, -0.25) is 9.59 Å². The van der Waals surface area contributed by atoms with Crippen LogP contribution < -0.4 is 0 Å². The van der Waals surface area contributed by atoms with Crippen molar-refractivity contribution in [3.8, 4) is 0 Å². The zero-order chi connectivity index (χ0) is 26.2. The number of nitrogens with zero attached hydrogens (tertiary/aromatic N) is 1. The van der Waals surface area contributed by atoms with Crippen LogP contribution >= 0.6 is 0 Å². The van der Waals surface area contributed by atoms with E-state index in [0.29, 0.717) is 37.8 Å². The van der Waals surface area contributed by atoms with Gasteiger partial charge in [-0.15, -0.1) is 0 Å². The number of esters is 1. The van der Waals surface area contributed by atoms with Gasteiger partial charge in [-0.05, 0) is 84.1 Å². The van der Waals surface area contributed by atoms with E-state index >= 15 is 0 Å². The van der Waals surface area contributed by atoms with Crippen molar-refractivity contribution >= 4 is 17.8 Å². The number of carboxylic acids is 1. The number of cyclic esters (lactones) is 1. The van der Waals surface area contributed by atoms with Crippen molar-refractivity contribution in [1.82, 2.24) is 4.90 Å². The second-order valence-corrected chi connectivity index (χ2v) is 10.0. The summed E-state index contributed by atoms with van der Waals surface area (Å²) in [5, 5.41) is 29.5. The van der Waals surface area contributed by atoms with Gasteiger partial charge in [0.05, 0.1) is 11.2 Å². The second-order valence-electron chi connectivity index (χ2n) is 10.0. The van der Waals surface area contributed by atoms with Gasteiger partial charge in [-0.2, -0.15) is 0 Å². The number of carbonyl (C=O) groups is 3. The monoisotopic (exact) mass is 489 g/mol. The van der Waals surface area contributed by atoms with E-state index in [1.54, 1.807) is 19.1 Å². The zero-order valence-corrected chi connectivity index (χ0v) is 21.3. The molecule has 2 atom stereocenters. The van der Waals surface area contributed by atoms with Crippen molar-refractivity contribution < 1.29 is 34.4 Å². The molecule has 0 radical (unpaired) electrons. The standard InChI is InChI=1S/C27H39NO7/c1-18(8-5-9-19(2)16-22-24(31)20(3)26(33)35-22)10-6-13-27(4,34)14-7-11-21-12-15-28(25(21)32)17-23(29)30/h10,12,16,19,31,34H,5-9,11,13-15,17H2,1-4H3,(H,29,30)/b18-10+,22-16-/t19-,27+/m0/s1. The van der Waals surface area contributed by atoms with E-state index in [1.807, 2.05) is 13.8 Å². The molecule has 3 N–H and O–H groups in total. The van der Waals surface area contributed by atoms with Crippen molar-refractivity contribution in [3.63, 3.8) is 0 Å². The van der Waals surface area contributed by atoms with Crippen LogP contribution in [0, 0.1) is 5.92 Å². The van der Waals surface area contributed by atoms with Gasteiger partial charge in [-0.1, -0.05) is 24.6 Å². The molecule has 0 aromatic heterocycles. The van der Waals surface area contributed by atoms with Crippen LogP contribution in [0.5, 0.6) is 0 Å². The third kappa shape index (κ3) is 9.02. The number of allylic oxidation sites excluding steroid dienone is 3. The number of amides is 1. The Bertz CT molecular complexity index is 939. The van der Waals surface area contributed by atoms with Gasteiger partial charge in [0, 0.05) is 12.1 Å². The Balaban J connectivity index is 1.65. The summed E-state index contributed by atoms with van der Waals surface area (Å²) in [7, 11) is 0. The minimum absolute atomic E-state index is 0.0725. The SMILES string of the molecule is CC1=C(O)/C(=C/[C@@H](C)CCC/C(C)=C/CC[C@@](C)(O)CCCC2=CCN(CC(=O)O)C2=O)OC1=O. The molecule has 0 aromatic rings. The van der Waals surface area contributed by atoms with Crippen LogP contribution in [-0.4, -0.2) is 56.8 Å². The first-order valence-corrected chi connectivity index (χ1v) is 12.3. The third-order valence-corrected chi connectivity index (χ3v) is 6.55. The molecule has 0 saturated heterocycles. The Kier molecular flexibility index (Phi) is 10.3. The highest BCUT2D eigenvalue weighted by Crippen LogP contribution is 2.27. The number of carboxylic acid groups (broad SMARTS) is 1. The lowest BCUT2D eigenvalue weighted by atomic mass is 9.91. The molecule has 35 heavy (non-hydrogen) atoms. The van der Waals surface area contributed by atoms with Gasteiger partial charge in [0.15, 0.2) is 11.5 Å². The van der Waals surface area contributed by atoms with E-state index in [1.165, 1.54) is 10.5 Å². The van der Waals surface area contributed by atoms with Gasteiger partial charge in [0.25, 0.3) is 0 Å². The first kappa shape index (κ1) is 28.4. The van der Waals surface area contributed by atoms with Gasteiger partial charge in [-0.25, -0.2) is 4.79 Å². The fourth-order valence-electron chi connectivity index (χ4n) is 4.28. The van der Waals surface area contributed by atoms with Crippen molar-refractivity contribution in [1.29, 1.82) is 0 Å². The Morgan fingerprint density at radius 3 is 2.63 bits per heavy atom. The van der Waals surface area contributed by atoms with E-state index in [-0.39, 0.29) is 35.5 Å². The number of aliphatic carboxylic acids is 1. The molecular weight excluding hydrogens is 450 g/mol. The molecule has 2 aliphatic rings. The Morgan fingerprint density at radius 1 is 1.29 bits per heavy atom. The summed E-state index contributed by atoms with van der Waals surface area (Å²) in [6.07, 6.45) is 11.7. The maximum Gasteiger partial charge on any atom is 0.343 e. The molecule has 2 rings (SSSR count). The summed E-state index contributed by atoms with van der Waals surface area (Å²) in [5.41, 5.74) is 1.30. The number of aliphatic hydroxyl groups excluding tert-OH is 1. The predicted molar refractivity (Wildman–Crippen MR) is 132 cm³/mol. The summed E-state index contributed by atoms with van der Waals surface area (Å²) in [6.45, 7) is 7.51. The van der Waals surface area contributed by atoms with E-state index in [4.69, 9.17) is 9.84 Å². The summed E-state index contributed by atoms with van der Waals surface area (Å²) in [4.78, 5) is 35.8. The first-order valence-electron chi connectivity index (χ1n) is 12.3. The molecule has 8 heteroatoms. The molecule has 0 fully saturated rings. The van der Waals surface area contributed by atoms with Crippen LogP contribution in [0.4, 0.5) is 0 Å². The topological polar surface area (TPSA) is 124 Å². The van der Waals surface area contributed by atoms with E-state index in [0.717, 1.165) is 25.7 Å². The maximum absolute atomic E-state index is 12.2. The molecule has 0 spiro atoms. The predicted octanol–water partition coefficient (Wildman–Crippen LogP) is 4.57. The molecular formula is C27H39NO7. The Labute approximate surface area is 207 Å². The van der Waals surface area contributed by atoms with E-state index in [9.17, 15) is 24.6 Å². The van der Waals surface area contributed by atoms with Gasteiger partial charge < -0.3 is 25.0 Å². The fraction of sp³-hybridized carbons (Fsp3) is 0.593. The minimum atomic E-state index is -1.02. The van der Waals surface area contributed by atoms with Crippen molar-refractivity contribution in [2.24, 2.45) is 5.92 Å². The smallest absolute Gasteiger partial charge is 0.343 e. The molecule has 194 valence electrons. The highest BCUT2D eigenvalue weighted by atomic mass is 16.6. The molecule has 2 aliphatic heterocycles. The largest absolute Gasteiger partial charge is 0.504 e. The summed E-state index contributed by atoms with van der Waals surface area (Å²) in [6, 6.07) is 0. The van der Waals surface area contributed by atoms with Crippen LogP contribution in [-0.2, 0) is 19.1 Å². The lowest BCUT2D eigenvalue weighted by Crippen LogP contribution is -2.32. The van der Waals surface area contributed by atoms with Crippen molar-refractivity contribution in [3.05, 3.63) is 46.5 Å². The normalized spacial score (nSPS) is 20.4. The third-order valence-electron chi connectivity index (χ3n) is 6.55. The van der Waals surface area contributed by atoms with E-state index < -0.39 is 17.5 Å². The van der Waals surface area contributed by atoms with E-state index in [2.05, 4.69) is 13.0 Å². The lowest BCUT2D eigenvalue weighted by molar-refractivity contribution is -0.142. The Hall–Kier alpha value is -2.87. The quantitative estimate of drug-likeness (QED) is 0.241. The second kappa shape index (κ2) is 12.7. The van der Waals surface area contributed by atoms with Crippen LogP contribution in [0.25, 0.3) is 0 Å². The zero-order valence-electron chi connectivity index (χ0n) is 21.3. The molecule has 0 aliphatic carbocycles. The molecule has 0 saturated carbocycles. The number of aliphatic hydroxyl groups is 2. The average molecular weight is 490 g/mol. The van der Waals surface area contributed by atoms with Crippen LogP contribution in [0.1, 0.15) is 79.1 Å². The van der Waals surface area contributed by atoms with Crippen molar-refractivity contribution in [2.45, 2.75) is 84.7 Å². The number of hydrogen-bond donors (Lipinski definition) is 3. The summed E-state index contributed by atoms with van der Waals surface area (Å²) in [5.74, 6) is -1.39. The molecule has 8 nitrogen and oxygen atoms in total. The maximum atomic E-state index is 12.2.